The summed E-state index contributed by atoms with van der Waals surface area (Å²) in [4.78, 5) is 33.0. The Kier molecular flexibility index (Phi) is 4.24. The van der Waals surface area contributed by atoms with E-state index >= 15 is 0 Å². The van der Waals surface area contributed by atoms with E-state index in [1.807, 2.05) is 0 Å². The topological polar surface area (TPSA) is 133 Å². The lowest BCUT2D eigenvalue weighted by molar-refractivity contribution is -0.385. The van der Waals surface area contributed by atoms with Gasteiger partial charge in [-0.1, -0.05) is 24.3 Å². The minimum Gasteiger partial charge on any atom is -0.506 e. The number of carbonyl (C=O) groups is 2. The zero-order valence-electron chi connectivity index (χ0n) is 13.2. The van der Waals surface area contributed by atoms with Gasteiger partial charge in [-0.2, -0.15) is 0 Å². The minimum absolute atomic E-state index is 0.106. The highest BCUT2D eigenvalue weighted by molar-refractivity contribution is 6.05. The Morgan fingerprint density at radius 3 is 2.42 bits per heavy atom. The Hall–Kier alpha value is -3.94. The van der Waals surface area contributed by atoms with Crippen molar-refractivity contribution in [3.05, 3.63) is 69.8 Å². The molecular weight excluding hydrogens is 340 g/mol. The second kappa shape index (κ2) is 6.52. The molecule has 3 N–H and O–H groups in total. The molecule has 0 aliphatic rings. The van der Waals surface area contributed by atoms with Gasteiger partial charge in [0.15, 0.2) is 0 Å². The van der Waals surface area contributed by atoms with Crippen molar-refractivity contribution in [2.24, 2.45) is 5.73 Å². The first-order chi connectivity index (χ1) is 12.4. The van der Waals surface area contributed by atoms with Gasteiger partial charge in [0.2, 0.25) is 5.75 Å². The molecule has 0 aliphatic heterocycles. The van der Waals surface area contributed by atoms with E-state index in [1.165, 1.54) is 18.2 Å². The average molecular weight is 352 g/mol. The third-order valence-corrected chi connectivity index (χ3v) is 3.78. The molecule has 0 unspecified atom stereocenters. The Labute approximate surface area is 146 Å². The molecule has 0 radical (unpaired) electrons. The largest absolute Gasteiger partial charge is 0.506 e. The van der Waals surface area contributed by atoms with E-state index < -0.39 is 16.5 Å². The fourth-order valence-corrected chi connectivity index (χ4v) is 2.55. The lowest BCUT2D eigenvalue weighted by Crippen LogP contribution is -2.11. The van der Waals surface area contributed by atoms with Crippen molar-refractivity contribution < 1.29 is 24.4 Å². The fraction of sp³-hybridized carbons (Fsp3) is 0. The third-order valence-electron chi connectivity index (χ3n) is 3.78. The van der Waals surface area contributed by atoms with Crippen LogP contribution in [0.3, 0.4) is 0 Å². The van der Waals surface area contributed by atoms with Crippen molar-refractivity contribution in [2.45, 2.75) is 0 Å². The number of amides is 1. The van der Waals surface area contributed by atoms with Crippen molar-refractivity contribution in [1.29, 1.82) is 0 Å². The van der Waals surface area contributed by atoms with Crippen LogP contribution in [0.15, 0.2) is 48.5 Å². The van der Waals surface area contributed by atoms with Crippen LogP contribution in [0.2, 0.25) is 0 Å². The Bertz CT molecular complexity index is 1060. The SMILES string of the molecule is NC(=O)c1cc(Oc2ccc(C=O)cc2[N+](=O)[O-])c2ccccc2c1O. The van der Waals surface area contributed by atoms with Crippen LogP contribution in [0.4, 0.5) is 5.69 Å². The third kappa shape index (κ3) is 2.91. The summed E-state index contributed by atoms with van der Waals surface area (Å²) in [6.07, 6.45) is 0.484. The Morgan fingerprint density at radius 1 is 1.12 bits per heavy atom. The number of phenols is 1. The first-order valence-corrected chi connectivity index (χ1v) is 7.38. The standard InChI is InChI=1S/C18H12N2O6/c19-18(23)13-8-16(11-3-1-2-4-12(11)17(13)22)26-15-6-5-10(9-21)7-14(15)20(24)25/h1-9,22H,(H2,19,23). The number of fused-ring (bicyclic) bond motifs is 1. The van der Waals surface area contributed by atoms with Crippen LogP contribution < -0.4 is 10.5 Å². The highest BCUT2D eigenvalue weighted by Crippen LogP contribution is 2.40. The van der Waals surface area contributed by atoms with Gasteiger partial charge in [0.25, 0.3) is 5.91 Å². The summed E-state index contributed by atoms with van der Waals surface area (Å²) in [5, 5.41) is 22.2. The highest BCUT2D eigenvalue weighted by Gasteiger charge is 2.20. The molecule has 0 fully saturated rings. The van der Waals surface area contributed by atoms with Crippen molar-refractivity contribution in [3.8, 4) is 17.2 Å². The average Bonchev–Trinajstić information content (AvgIpc) is 2.63. The van der Waals surface area contributed by atoms with Crippen molar-refractivity contribution in [2.75, 3.05) is 0 Å². The molecule has 3 aromatic carbocycles. The molecule has 0 saturated heterocycles. The van der Waals surface area contributed by atoms with Gasteiger partial charge in [-0.25, -0.2) is 0 Å². The van der Waals surface area contributed by atoms with Crippen LogP contribution in [0.5, 0.6) is 17.2 Å². The number of ether oxygens (including phenoxy) is 1. The number of rotatable bonds is 5. The van der Waals surface area contributed by atoms with E-state index in [2.05, 4.69) is 0 Å². The van der Waals surface area contributed by atoms with Crippen LogP contribution >= 0.6 is 0 Å². The number of benzene rings is 3. The van der Waals surface area contributed by atoms with E-state index in [4.69, 9.17) is 10.5 Å². The predicted molar refractivity (Wildman–Crippen MR) is 92.7 cm³/mol. The van der Waals surface area contributed by atoms with Gasteiger partial charge >= 0.3 is 5.69 Å². The number of nitro benzene ring substituents is 1. The van der Waals surface area contributed by atoms with Gasteiger partial charge in [-0.15, -0.1) is 0 Å². The number of hydrogen-bond acceptors (Lipinski definition) is 6. The van der Waals surface area contributed by atoms with Gasteiger partial charge in [0, 0.05) is 22.4 Å². The molecular formula is C18H12N2O6. The molecule has 130 valence electrons. The van der Waals surface area contributed by atoms with E-state index in [0.29, 0.717) is 17.1 Å². The molecule has 0 aromatic heterocycles. The zero-order chi connectivity index (χ0) is 18.8. The molecule has 3 aromatic rings. The van der Waals surface area contributed by atoms with Crippen LogP contribution in [0.1, 0.15) is 20.7 Å². The number of primary amides is 1. The van der Waals surface area contributed by atoms with Crippen molar-refractivity contribution >= 4 is 28.7 Å². The number of aromatic hydroxyl groups is 1. The van der Waals surface area contributed by atoms with E-state index in [1.54, 1.807) is 24.3 Å². The summed E-state index contributed by atoms with van der Waals surface area (Å²) >= 11 is 0. The zero-order valence-corrected chi connectivity index (χ0v) is 13.2. The van der Waals surface area contributed by atoms with Gasteiger partial charge < -0.3 is 15.6 Å². The minimum atomic E-state index is -0.871. The van der Waals surface area contributed by atoms with Gasteiger partial charge in [0.1, 0.15) is 17.8 Å². The van der Waals surface area contributed by atoms with Gasteiger partial charge in [-0.3, -0.25) is 19.7 Å². The van der Waals surface area contributed by atoms with E-state index in [0.717, 1.165) is 6.07 Å². The monoisotopic (exact) mass is 352 g/mol. The molecule has 26 heavy (non-hydrogen) atoms. The number of nitrogens with two attached hydrogens (primary N) is 1. The number of hydrogen-bond donors (Lipinski definition) is 2. The maximum absolute atomic E-state index is 11.6. The maximum Gasteiger partial charge on any atom is 0.312 e. The molecule has 0 heterocycles. The maximum atomic E-state index is 11.6. The van der Waals surface area contributed by atoms with Crippen molar-refractivity contribution in [3.63, 3.8) is 0 Å². The van der Waals surface area contributed by atoms with E-state index in [-0.39, 0.29) is 28.4 Å². The van der Waals surface area contributed by atoms with Crippen LogP contribution in [0, 0.1) is 10.1 Å². The van der Waals surface area contributed by atoms with Crippen LogP contribution in [0.25, 0.3) is 10.8 Å². The predicted octanol–water partition coefficient (Wildman–Crippen LogP) is 3.16. The summed E-state index contributed by atoms with van der Waals surface area (Å²) < 4.78 is 5.65. The highest BCUT2D eigenvalue weighted by atomic mass is 16.6. The smallest absolute Gasteiger partial charge is 0.312 e. The molecule has 8 nitrogen and oxygen atoms in total. The molecule has 1 amide bonds. The summed E-state index contributed by atoms with van der Waals surface area (Å²) in [5.74, 6) is -1.18. The second-order valence-corrected chi connectivity index (χ2v) is 5.38. The first kappa shape index (κ1) is 16.9. The van der Waals surface area contributed by atoms with Gasteiger partial charge in [0.05, 0.1) is 10.5 Å². The van der Waals surface area contributed by atoms with E-state index in [9.17, 15) is 24.8 Å². The molecule has 0 spiro atoms. The molecule has 3 rings (SSSR count). The van der Waals surface area contributed by atoms with Crippen LogP contribution in [-0.4, -0.2) is 22.2 Å². The molecule has 0 saturated carbocycles. The summed E-state index contributed by atoms with van der Waals surface area (Å²) in [6, 6.07) is 11.5. The molecule has 0 atom stereocenters. The number of nitro groups is 1. The fourth-order valence-electron chi connectivity index (χ4n) is 2.55. The van der Waals surface area contributed by atoms with Crippen molar-refractivity contribution in [1.82, 2.24) is 0 Å². The number of nitrogens with zero attached hydrogens (tertiary/aromatic N) is 1. The van der Waals surface area contributed by atoms with Gasteiger partial charge in [-0.05, 0) is 18.2 Å². The Balaban J connectivity index is 2.21. The second-order valence-electron chi connectivity index (χ2n) is 5.38. The number of aldehydes is 1. The Morgan fingerprint density at radius 2 is 1.81 bits per heavy atom. The summed E-state index contributed by atoms with van der Waals surface area (Å²) in [5.41, 5.74) is 4.82. The first-order valence-electron chi connectivity index (χ1n) is 7.38. The van der Waals surface area contributed by atoms with Crippen LogP contribution in [-0.2, 0) is 0 Å². The molecule has 0 bridgehead atoms. The normalized spacial score (nSPS) is 10.5. The summed E-state index contributed by atoms with van der Waals surface area (Å²) in [6.45, 7) is 0. The quantitative estimate of drug-likeness (QED) is 0.412. The lowest BCUT2D eigenvalue weighted by Gasteiger charge is -2.13. The number of carbonyl (C=O) groups excluding carboxylic acids is 2. The lowest BCUT2D eigenvalue weighted by atomic mass is 10.0. The summed E-state index contributed by atoms with van der Waals surface area (Å²) in [7, 11) is 0. The molecule has 0 aliphatic carbocycles. The molecule has 8 heteroatoms.